The number of hydrogen-bond acceptors (Lipinski definition) is 6. The fraction of sp³-hybridized carbons (Fsp3) is 0.538. The van der Waals surface area contributed by atoms with Gasteiger partial charge in [-0.3, -0.25) is 5.43 Å². The highest BCUT2D eigenvalue weighted by molar-refractivity contribution is 7.16. The highest BCUT2D eigenvalue weighted by Crippen LogP contribution is 2.26. The van der Waals surface area contributed by atoms with Crippen LogP contribution in [0.25, 0.3) is 10.2 Å². The molecule has 0 aromatic carbocycles. The summed E-state index contributed by atoms with van der Waals surface area (Å²) < 4.78 is 0. The van der Waals surface area contributed by atoms with E-state index in [1.807, 2.05) is 11.4 Å². The number of fused-ring (bicyclic) bond motifs is 1. The van der Waals surface area contributed by atoms with Crippen molar-refractivity contribution in [2.45, 2.75) is 33.1 Å². The quantitative estimate of drug-likeness (QED) is 0.412. The molecular formula is C13H21N5S. The van der Waals surface area contributed by atoms with Crippen molar-refractivity contribution in [1.29, 1.82) is 0 Å². The minimum Gasteiger partial charge on any atom is -0.369 e. The highest BCUT2D eigenvalue weighted by Gasteiger charge is 2.07. The number of hydrazine groups is 1. The second-order valence-corrected chi connectivity index (χ2v) is 5.89. The minimum atomic E-state index is 0.458. The van der Waals surface area contributed by atoms with Crippen LogP contribution in [-0.4, -0.2) is 16.5 Å². The van der Waals surface area contributed by atoms with Crippen molar-refractivity contribution < 1.29 is 0 Å². The van der Waals surface area contributed by atoms with Crippen LogP contribution in [-0.2, 0) is 0 Å². The standard InChI is InChI=1S/C13H21N5S/c1-9(2)5-3-4-7-15-11-10-6-8-19-12(10)17-13(16-11)18-14/h6,8-9H,3-5,7,14H2,1-2H3,(H2,15,16,17,18). The first-order valence-electron chi connectivity index (χ1n) is 6.66. The Labute approximate surface area is 117 Å². The summed E-state index contributed by atoms with van der Waals surface area (Å²) in [5, 5.41) is 6.46. The fourth-order valence-electron chi connectivity index (χ4n) is 1.94. The lowest BCUT2D eigenvalue weighted by Gasteiger charge is -2.09. The first-order chi connectivity index (χ1) is 9.20. The van der Waals surface area contributed by atoms with Gasteiger partial charge < -0.3 is 5.32 Å². The molecule has 0 aliphatic carbocycles. The number of unbranched alkanes of at least 4 members (excludes halogenated alkanes) is 1. The van der Waals surface area contributed by atoms with Crippen molar-refractivity contribution in [2.75, 3.05) is 17.3 Å². The smallest absolute Gasteiger partial charge is 0.240 e. The molecule has 0 spiro atoms. The second kappa shape index (κ2) is 6.68. The molecule has 0 aliphatic heterocycles. The number of rotatable bonds is 7. The monoisotopic (exact) mass is 279 g/mol. The molecule has 0 saturated heterocycles. The maximum Gasteiger partial charge on any atom is 0.240 e. The van der Waals surface area contributed by atoms with Crippen molar-refractivity contribution >= 4 is 33.3 Å². The molecule has 2 aromatic heterocycles. The minimum absolute atomic E-state index is 0.458. The molecule has 2 rings (SSSR count). The number of nitrogen functional groups attached to an aromatic ring is 1. The van der Waals surface area contributed by atoms with Gasteiger partial charge in [0.05, 0.1) is 5.39 Å². The number of thiophene rings is 1. The van der Waals surface area contributed by atoms with Crippen LogP contribution in [0.5, 0.6) is 0 Å². The van der Waals surface area contributed by atoms with Gasteiger partial charge in [-0.15, -0.1) is 11.3 Å². The molecule has 0 bridgehead atoms. The highest BCUT2D eigenvalue weighted by atomic mass is 32.1. The van der Waals surface area contributed by atoms with Gasteiger partial charge in [0.1, 0.15) is 10.6 Å². The van der Waals surface area contributed by atoms with Crippen molar-refractivity contribution in [3.8, 4) is 0 Å². The summed E-state index contributed by atoms with van der Waals surface area (Å²) in [4.78, 5) is 9.64. The van der Waals surface area contributed by atoms with E-state index in [1.54, 1.807) is 11.3 Å². The van der Waals surface area contributed by atoms with Gasteiger partial charge in [0.15, 0.2) is 0 Å². The zero-order valence-corrected chi connectivity index (χ0v) is 12.3. The van der Waals surface area contributed by atoms with Crippen LogP contribution in [0.3, 0.4) is 0 Å². The lowest BCUT2D eigenvalue weighted by Crippen LogP contribution is -2.12. The van der Waals surface area contributed by atoms with E-state index in [0.717, 1.165) is 34.9 Å². The molecule has 2 heterocycles. The van der Waals surface area contributed by atoms with Gasteiger partial charge in [-0.05, 0) is 23.8 Å². The van der Waals surface area contributed by atoms with E-state index in [2.05, 4.69) is 34.6 Å². The van der Waals surface area contributed by atoms with E-state index in [1.165, 1.54) is 12.8 Å². The van der Waals surface area contributed by atoms with Gasteiger partial charge in [0, 0.05) is 6.54 Å². The molecule has 5 nitrogen and oxygen atoms in total. The van der Waals surface area contributed by atoms with Gasteiger partial charge in [-0.2, -0.15) is 4.98 Å². The van der Waals surface area contributed by atoms with E-state index >= 15 is 0 Å². The Morgan fingerprint density at radius 3 is 2.89 bits per heavy atom. The molecule has 2 aromatic rings. The van der Waals surface area contributed by atoms with E-state index in [-0.39, 0.29) is 0 Å². The van der Waals surface area contributed by atoms with Crippen LogP contribution in [0, 0.1) is 5.92 Å². The summed E-state index contributed by atoms with van der Waals surface area (Å²) >= 11 is 1.59. The maximum absolute atomic E-state index is 5.39. The predicted octanol–water partition coefficient (Wildman–Crippen LogP) is 3.22. The SMILES string of the molecule is CC(C)CCCCNc1nc(NN)nc2sccc12. The average molecular weight is 279 g/mol. The molecule has 0 atom stereocenters. The van der Waals surface area contributed by atoms with Crippen LogP contribution in [0.15, 0.2) is 11.4 Å². The third-order valence-electron chi connectivity index (χ3n) is 2.95. The molecular weight excluding hydrogens is 258 g/mol. The Morgan fingerprint density at radius 1 is 1.32 bits per heavy atom. The van der Waals surface area contributed by atoms with Crippen LogP contribution in [0.2, 0.25) is 0 Å². The van der Waals surface area contributed by atoms with E-state index in [0.29, 0.717) is 5.95 Å². The summed E-state index contributed by atoms with van der Waals surface area (Å²) in [5.74, 6) is 7.49. The van der Waals surface area contributed by atoms with Crippen molar-refractivity contribution in [3.63, 3.8) is 0 Å². The Balaban J connectivity index is 1.97. The number of nitrogens with zero attached hydrogens (tertiary/aromatic N) is 2. The average Bonchev–Trinajstić information content (AvgIpc) is 2.85. The Morgan fingerprint density at radius 2 is 2.16 bits per heavy atom. The number of nitrogens with two attached hydrogens (primary N) is 1. The van der Waals surface area contributed by atoms with Gasteiger partial charge in [-0.25, -0.2) is 10.8 Å². The van der Waals surface area contributed by atoms with Crippen molar-refractivity contribution in [2.24, 2.45) is 11.8 Å². The van der Waals surface area contributed by atoms with Gasteiger partial charge in [0.2, 0.25) is 5.95 Å². The van der Waals surface area contributed by atoms with E-state index < -0.39 is 0 Å². The summed E-state index contributed by atoms with van der Waals surface area (Å²) in [6.07, 6.45) is 3.67. The molecule has 19 heavy (non-hydrogen) atoms. The zero-order valence-electron chi connectivity index (χ0n) is 11.4. The lowest BCUT2D eigenvalue weighted by atomic mass is 10.1. The summed E-state index contributed by atoms with van der Waals surface area (Å²) in [7, 11) is 0. The summed E-state index contributed by atoms with van der Waals surface area (Å²) in [6.45, 7) is 5.44. The third-order valence-corrected chi connectivity index (χ3v) is 3.76. The first-order valence-corrected chi connectivity index (χ1v) is 7.54. The fourth-order valence-corrected chi connectivity index (χ4v) is 2.70. The lowest BCUT2D eigenvalue weighted by molar-refractivity contribution is 0.544. The molecule has 4 N–H and O–H groups in total. The Kier molecular flexibility index (Phi) is 4.93. The topological polar surface area (TPSA) is 75.9 Å². The predicted molar refractivity (Wildman–Crippen MR) is 82.4 cm³/mol. The number of anilines is 2. The third kappa shape index (κ3) is 3.78. The molecule has 0 radical (unpaired) electrons. The normalized spacial score (nSPS) is 11.2. The van der Waals surface area contributed by atoms with Crippen LogP contribution in [0.4, 0.5) is 11.8 Å². The molecule has 0 unspecified atom stereocenters. The molecule has 6 heteroatoms. The molecule has 0 fully saturated rings. The maximum atomic E-state index is 5.39. The van der Waals surface area contributed by atoms with Crippen LogP contribution >= 0.6 is 11.3 Å². The van der Waals surface area contributed by atoms with E-state index in [4.69, 9.17) is 5.84 Å². The van der Waals surface area contributed by atoms with Gasteiger partial charge in [0.25, 0.3) is 0 Å². The number of hydrogen-bond donors (Lipinski definition) is 3. The van der Waals surface area contributed by atoms with Crippen LogP contribution < -0.4 is 16.6 Å². The number of aromatic nitrogens is 2. The molecule has 0 aliphatic rings. The van der Waals surface area contributed by atoms with Crippen molar-refractivity contribution in [3.05, 3.63) is 11.4 Å². The molecule has 104 valence electrons. The van der Waals surface area contributed by atoms with Gasteiger partial charge >= 0.3 is 0 Å². The second-order valence-electron chi connectivity index (χ2n) is 5.00. The summed E-state index contributed by atoms with van der Waals surface area (Å²) in [6, 6.07) is 2.04. The van der Waals surface area contributed by atoms with Crippen LogP contribution in [0.1, 0.15) is 33.1 Å². The largest absolute Gasteiger partial charge is 0.369 e. The molecule has 0 amide bonds. The van der Waals surface area contributed by atoms with E-state index in [9.17, 15) is 0 Å². The Hall–Kier alpha value is -1.40. The number of nitrogens with one attached hydrogen (secondary N) is 2. The molecule has 0 saturated carbocycles. The Bertz CT molecular complexity index is 523. The van der Waals surface area contributed by atoms with Gasteiger partial charge in [-0.1, -0.05) is 26.7 Å². The van der Waals surface area contributed by atoms with Crippen molar-refractivity contribution in [1.82, 2.24) is 9.97 Å². The zero-order chi connectivity index (χ0) is 13.7. The summed E-state index contributed by atoms with van der Waals surface area (Å²) in [5.41, 5.74) is 2.51. The first kappa shape index (κ1) is 14.0.